The molecule has 1 aliphatic heterocycles. The largest absolute Gasteiger partial charge is 0.598 e. The summed E-state index contributed by atoms with van der Waals surface area (Å²) in [6, 6.07) is 10.6. The molecule has 1 aliphatic carbocycles. The topological polar surface area (TPSA) is 66.3 Å². The zero-order chi connectivity index (χ0) is 22.7. The molecule has 1 saturated carbocycles. The first kappa shape index (κ1) is 23.5. The Morgan fingerprint density at radius 2 is 1.97 bits per heavy atom. The summed E-state index contributed by atoms with van der Waals surface area (Å²) in [6.45, 7) is 4.14. The highest BCUT2D eigenvalue weighted by Gasteiger charge is 2.34. The summed E-state index contributed by atoms with van der Waals surface area (Å²) in [6.07, 6.45) is 5.51. The van der Waals surface area contributed by atoms with Gasteiger partial charge in [0.1, 0.15) is 11.6 Å². The predicted octanol–water partition coefficient (Wildman–Crippen LogP) is 4.17. The maximum Gasteiger partial charge on any atom is 0.254 e. The van der Waals surface area contributed by atoms with Crippen LogP contribution in [0.25, 0.3) is 0 Å². The van der Waals surface area contributed by atoms with Crippen molar-refractivity contribution in [3.05, 3.63) is 69.4 Å². The molecule has 0 bridgehead atoms. The van der Waals surface area contributed by atoms with E-state index in [1.54, 1.807) is 12.1 Å². The maximum absolute atomic E-state index is 13.6. The number of ether oxygens (including phenoxy) is 1. The minimum Gasteiger partial charge on any atom is -0.598 e. The summed E-state index contributed by atoms with van der Waals surface area (Å²) in [5.74, 6) is 0.720. The van der Waals surface area contributed by atoms with Crippen LogP contribution in [0.15, 0.2) is 41.2 Å². The molecule has 3 atom stereocenters. The standard InChI is InChI=1S/C25H33FN2O3S/c1-3-32(30)27-23-14-11-21-10-7-17(2)25(29)28(21)24(23)16-31-22-12-8-18(9-13-22)19-5-4-6-20(26)15-19/h4-7,10,15,18,22-24,27H,3,8-9,11-14,16H2,1-2H3. The van der Waals surface area contributed by atoms with Crippen LogP contribution in [-0.4, -0.2) is 33.6 Å². The van der Waals surface area contributed by atoms with Crippen molar-refractivity contribution in [1.29, 1.82) is 0 Å². The first-order valence-electron chi connectivity index (χ1n) is 11.7. The van der Waals surface area contributed by atoms with Gasteiger partial charge in [-0.3, -0.25) is 4.79 Å². The molecule has 32 heavy (non-hydrogen) atoms. The number of aromatic nitrogens is 1. The molecule has 0 amide bonds. The molecule has 4 rings (SSSR count). The van der Waals surface area contributed by atoms with E-state index in [2.05, 4.69) is 4.72 Å². The number of hydrogen-bond donors (Lipinski definition) is 1. The van der Waals surface area contributed by atoms with Crippen molar-refractivity contribution in [2.45, 2.75) is 76.5 Å². The second-order valence-corrected chi connectivity index (χ2v) is 10.5. The Morgan fingerprint density at radius 3 is 2.69 bits per heavy atom. The Hall–Kier alpha value is -1.67. The maximum atomic E-state index is 13.6. The van der Waals surface area contributed by atoms with Crippen molar-refractivity contribution in [1.82, 2.24) is 9.29 Å². The summed E-state index contributed by atoms with van der Waals surface area (Å²) >= 11 is -1.12. The highest BCUT2D eigenvalue weighted by molar-refractivity contribution is 7.89. The van der Waals surface area contributed by atoms with Crippen LogP contribution < -0.4 is 10.3 Å². The molecular formula is C25H33FN2O3S. The number of nitrogens with zero attached hydrogens (tertiary/aromatic N) is 1. The number of hydrogen-bond acceptors (Lipinski definition) is 4. The van der Waals surface area contributed by atoms with Crippen LogP contribution in [0, 0.1) is 12.7 Å². The van der Waals surface area contributed by atoms with E-state index in [9.17, 15) is 13.7 Å². The van der Waals surface area contributed by atoms with Gasteiger partial charge in [-0.1, -0.05) is 18.2 Å². The van der Waals surface area contributed by atoms with Gasteiger partial charge in [0, 0.05) is 22.6 Å². The molecule has 0 radical (unpaired) electrons. The molecule has 1 N–H and O–H groups in total. The summed E-state index contributed by atoms with van der Waals surface area (Å²) < 4.78 is 37.3. The van der Waals surface area contributed by atoms with Gasteiger partial charge in [0.15, 0.2) is 0 Å². The van der Waals surface area contributed by atoms with Crippen molar-refractivity contribution in [2.24, 2.45) is 0 Å². The van der Waals surface area contributed by atoms with Gasteiger partial charge in [-0.15, -0.1) is 4.72 Å². The summed E-state index contributed by atoms with van der Waals surface area (Å²) in [4.78, 5) is 13.0. The molecular weight excluding hydrogens is 427 g/mol. The summed E-state index contributed by atoms with van der Waals surface area (Å²) in [5, 5.41) is 0. The molecule has 0 saturated heterocycles. The van der Waals surface area contributed by atoms with Crippen molar-refractivity contribution in [2.75, 3.05) is 12.4 Å². The minimum atomic E-state index is -1.12. The third kappa shape index (κ3) is 5.28. The Labute approximate surface area is 192 Å². The Bertz CT molecular complexity index is 974. The summed E-state index contributed by atoms with van der Waals surface area (Å²) in [7, 11) is 0. The molecule has 3 unspecified atom stereocenters. The van der Waals surface area contributed by atoms with Crippen LogP contribution in [-0.2, 0) is 22.5 Å². The zero-order valence-corrected chi connectivity index (χ0v) is 19.7. The molecule has 174 valence electrons. The van der Waals surface area contributed by atoms with Gasteiger partial charge in [-0.05, 0) is 82.1 Å². The molecule has 1 aromatic carbocycles. The van der Waals surface area contributed by atoms with Crippen LogP contribution in [0.3, 0.4) is 0 Å². The van der Waals surface area contributed by atoms with Gasteiger partial charge in [0.25, 0.3) is 5.56 Å². The lowest BCUT2D eigenvalue weighted by molar-refractivity contribution is -0.00170. The average molecular weight is 461 g/mol. The number of benzene rings is 1. The number of nitrogens with one attached hydrogen (secondary N) is 1. The number of halogens is 1. The SMILES string of the molecule is CC[S+]([O-])NC1CCc2ccc(C)c(=O)n2C1COC1CCC(c2cccc(F)c2)CC1. The second-order valence-electron chi connectivity index (χ2n) is 9.01. The quantitative estimate of drug-likeness (QED) is 0.630. The third-order valence-electron chi connectivity index (χ3n) is 6.94. The number of rotatable bonds is 7. The minimum absolute atomic E-state index is 0.0136. The normalized spacial score (nSPS) is 26.5. The van der Waals surface area contributed by atoms with E-state index in [4.69, 9.17) is 4.74 Å². The fourth-order valence-corrected chi connectivity index (χ4v) is 5.85. The van der Waals surface area contributed by atoms with Crippen molar-refractivity contribution in [3.8, 4) is 0 Å². The van der Waals surface area contributed by atoms with Gasteiger partial charge in [-0.25, -0.2) is 4.39 Å². The molecule has 1 aromatic heterocycles. The Kier molecular flexibility index (Phi) is 7.71. The Morgan fingerprint density at radius 1 is 1.19 bits per heavy atom. The fourth-order valence-electron chi connectivity index (χ4n) is 5.07. The molecule has 0 spiro atoms. The van der Waals surface area contributed by atoms with E-state index in [-0.39, 0.29) is 29.6 Å². The predicted molar refractivity (Wildman–Crippen MR) is 126 cm³/mol. The average Bonchev–Trinajstić information content (AvgIpc) is 2.81. The van der Waals surface area contributed by atoms with Gasteiger partial charge < -0.3 is 13.9 Å². The van der Waals surface area contributed by atoms with E-state index in [1.807, 2.05) is 36.6 Å². The van der Waals surface area contributed by atoms with Crippen LogP contribution in [0.4, 0.5) is 4.39 Å². The smallest absolute Gasteiger partial charge is 0.254 e. The lowest BCUT2D eigenvalue weighted by Crippen LogP contribution is -2.50. The highest BCUT2D eigenvalue weighted by atomic mass is 32.2. The van der Waals surface area contributed by atoms with Crippen LogP contribution in [0.5, 0.6) is 0 Å². The molecule has 2 aromatic rings. The van der Waals surface area contributed by atoms with E-state index < -0.39 is 11.4 Å². The first-order chi connectivity index (χ1) is 15.5. The van der Waals surface area contributed by atoms with Crippen LogP contribution in [0.1, 0.15) is 67.8 Å². The third-order valence-corrected chi connectivity index (χ3v) is 8.03. The number of pyridine rings is 1. The number of fused-ring (bicyclic) bond motifs is 1. The van der Waals surface area contributed by atoms with E-state index in [1.165, 1.54) is 6.07 Å². The molecule has 1 fully saturated rings. The Balaban J connectivity index is 1.43. The highest BCUT2D eigenvalue weighted by Crippen LogP contribution is 2.35. The summed E-state index contributed by atoms with van der Waals surface area (Å²) in [5.41, 5.74) is 2.81. The first-order valence-corrected chi connectivity index (χ1v) is 13.0. The van der Waals surface area contributed by atoms with Crippen LogP contribution >= 0.6 is 0 Å². The van der Waals surface area contributed by atoms with Crippen molar-refractivity contribution < 1.29 is 13.7 Å². The zero-order valence-electron chi connectivity index (χ0n) is 18.9. The monoisotopic (exact) mass is 460 g/mol. The van der Waals surface area contributed by atoms with E-state index in [0.29, 0.717) is 23.8 Å². The lowest BCUT2D eigenvalue weighted by atomic mass is 9.82. The molecule has 2 aliphatic rings. The fraction of sp³-hybridized carbons (Fsp3) is 0.560. The van der Waals surface area contributed by atoms with E-state index >= 15 is 0 Å². The molecule has 5 nitrogen and oxygen atoms in total. The van der Waals surface area contributed by atoms with Gasteiger partial charge >= 0.3 is 0 Å². The lowest BCUT2D eigenvalue weighted by Gasteiger charge is -2.37. The molecule has 2 heterocycles. The van der Waals surface area contributed by atoms with Gasteiger partial charge in [0.05, 0.1) is 24.8 Å². The second kappa shape index (κ2) is 10.5. The molecule has 7 heteroatoms. The van der Waals surface area contributed by atoms with Crippen molar-refractivity contribution >= 4 is 11.4 Å². The van der Waals surface area contributed by atoms with Gasteiger partial charge in [0.2, 0.25) is 0 Å². The number of aryl methyl sites for hydroxylation is 2. The van der Waals surface area contributed by atoms with Crippen molar-refractivity contribution in [3.63, 3.8) is 0 Å². The van der Waals surface area contributed by atoms with Crippen LogP contribution in [0.2, 0.25) is 0 Å². The van der Waals surface area contributed by atoms with E-state index in [0.717, 1.165) is 49.8 Å². The van der Waals surface area contributed by atoms with Gasteiger partial charge in [-0.2, -0.15) is 0 Å².